The predicted molar refractivity (Wildman–Crippen MR) is 84.0 cm³/mol. The fraction of sp³-hybridized carbons (Fsp3) is 0.647. The Bertz CT molecular complexity index is 306. The lowest BCUT2D eigenvalue weighted by atomic mass is 10.1. The maximum atomic E-state index is 5.58. The summed E-state index contributed by atoms with van der Waals surface area (Å²) in [6.45, 7) is 5.00. The number of hydrogen-bond donors (Lipinski definition) is 2. The van der Waals surface area contributed by atoms with E-state index in [1.165, 1.54) is 56.1 Å². The van der Waals surface area contributed by atoms with Crippen molar-refractivity contribution in [1.29, 1.82) is 0 Å². The van der Waals surface area contributed by atoms with Gasteiger partial charge in [-0.3, -0.25) is 0 Å². The molecule has 0 saturated heterocycles. The lowest BCUT2D eigenvalue weighted by molar-refractivity contribution is 0.562. The van der Waals surface area contributed by atoms with Crippen molar-refractivity contribution in [3.63, 3.8) is 0 Å². The summed E-state index contributed by atoms with van der Waals surface area (Å²) in [4.78, 5) is 0. The molecule has 0 bridgehead atoms. The third-order valence-corrected chi connectivity index (χ3v) is 3.54. The van der Waals surface area contributed by atoms with Crippen molar-refractivity contribution in [2.75, 3.05) is 6.54 Å². The Morgan fingerprint density at radius 3 is 2.05 bits per heavy atom. The Hall–Kier alpha value is -0.860. The lowest BCUT2D eigenvalue weighted by Gasteiger charge is -2.06. The molecule has 19 heavy (non-hydrogen) atoms. The van der Waals surface area contributed by atoms with Gasteiger partial charge in [-0.25, -0.2) is 0 Å². The van der Waals surface area contributed by atoms with Crippen LogP contribution in [0, 0.1) is 0 Å². The topological polar surface area (TPSA) is 38.0 Å². The monoisotopic (exact) mass is 262 g/mol. The molecule has 2 heteroatoms. The van der Waals surface area contributed by atoms with E-state index in [1.54, 1.807) is 0 Å². The van der Waals surface area contributed by atoms with Gasteiger partial charge in [0, 0.05) is 13.1 Å². The summed E-state index contributed by atoms with van der Waals surface area (Å²) in [7, 11) is 0. The highest BCUT2D eigenvalue weighted by Crippen LogP contribution is 2.07. The van der Waals surface area contributed by atoms with Gasteiger partial charge in [-0.05, 0) is 24.1 Å². The summed E-state index contributed by atoms with van der Waals surface area (Å²) in [5, 5.41) is 3.51. The minimum atomic E-state index is 0.631. The summed E-state index contributed by atoms with van der Waals surface area (Å²) < 4.78 is 0. The largest absolute Gasteiger partial charge is 0.326 e. The first kappa shape index (κ1) is 16.2. The first-order chi connectivity index (χ1) is 9.36. The molecule has 1 rings (SSSR count). The van der Waals surface area contributed by atoms with Crippen LogP contribution in [0.5, 0.6) is 0 Å². The van der Waals surface area contributed by atoms with Gasteiger partial charge in [0.1, 0.15) is 0 Å². The molecule has 0 aliphatic heterocycles. The lowest BCUT2D eigenvalue weighted by Crippen LogP contribution is -2.14. The van der Waals surface area contributed by atoms with Gasteiger partial charge in [-0.2, -0.15) is 0 Å². The molecule has 0 fully saturated rings. The van der Waals surface area contributed by atoms with E-state index in [2.05, 4.69) is 36.5 Å². The van der Waals surface area contributed by atoms with Crippen LogP contribution >= 0.6 is 0 Å². The molecule has 108 valence electrons. The summed E-state index contributed by atoms with van der Waals surface area (Å²) in [6, 6.07) is 8.56. The van der Waals surface area contributed by atoms with Crippen LogP contribution in [-0.2, 0) is 13.1 Å². The second-order valence-corrected chi connectivity index (χ2v) is 5.32. The van der Waals surface area contributed by atoms with Gasteiger partial charge in [0.15, 0.2) is 0 Å². The second kappa shape index (κ2) is 11.0. The predicted octanol–water partition coefficient (Wildman–Crippen LogP) is 3.99. The average Bonchev–Trinajstić information content (AvgIpc) is 2.46. The number of nitrogens with two attached hydrogens (primary N) is 1. The number of rotatable bonds is 11. The fourth-order valence-electron chi connectivity index (χ4n) is 2.23. The summed E-state index contributed by atoms with van der Waals surface area (Å²) in [5.74, 6) is 0. The fourth-order valence-corrected chi connectivity index (χ4v) is 2.23. The Balaban J connectivity index is 1.95. The van der Waals surface area contributed by atoms with Crippen LogP contribution in [0.2, 0.25) is 0 Å². The first-order valence-electron chi connectivity index (χ1n) is 7.85. The molecular formula is C17H30N2. The highest BCUT2D eigenvalue weighted by molar-refractivity contribution is 5.22. The van der Waals surface area contributed by atoms with Crippen molar-refractivity contribution < 1.29 is 0 Å². The Kier molecular flexibility index (Phi) is 9.38. The zero-order chi connectivity index (χ0) is 13.8. The van der Waals surface area contributed by atoms with Gasteiger partial charge in [-0.15, -0.1) is 0 Å². The standard InChI is InChI=1S/C17H30N2/c1-2-3-4-5-6-7-8-13-19-15-17-11-9-16(14-18)10-12-17/h9-12,19H,2-8,13-15,18H2,1H3. The highest BCUT2D eigenvalue weighted by atomic mass is 14.8. The van der Waals surface area contributed by atoms with Crippen molar-refractivity contribution in [2.24, 2.45) is 5.73 Å². The zero-order valence-corrected chi connectivity index (χ0v) is 12.5. The van der Waals surface area contributed by atoms with E-state index in [0.717, 1.165) is 13.1 Å². The van der Waals surface area contributed by atoms with Crippen LogP contribution in [0.4, 0.5) is 0 Å². The molecule has 0 radical (unpaired) electrons. The number of benzene rings is 1. The van der Waals surface area contributed by atoms with E-state index in [0.29, 0.717) is 6.54 Å². The van der Waals surface area contributed by atoms with Gasteiger partial charge in [-0.1, -0.05) is 69.7 Å². The summed E-state index contributed by atoms with van der Waals surface area (Å²) in [6.07, 6.45) is 9.62. The second-order valence-electron chi connectivity index (χ2n) is 5.32. The molecule has 0 heterocycles. The number of nitrogens with one attached hydrogen (secondary N) is 1. The van der Waals surface area contributed by atoms with E-state index in [-0.39, 0.29) is 0 Å². The van der Waals surface area contributed by atoms with E-state index in [4.69, 9.17) is 5.73 Å². The van der Waals surface area contributed by atoms with Crippen LogP contribution in [0.25, 0.3) is 0 Å². The zero-order valence-electron chi connectivity index (χ0n) is 12.5. The normalized spacial score (nSPS) is 10.8. The summed E-state index contributed by atoms with van der Waals surface area (Å²) >= 11 is 0. The molecule has 0 unspecified atom stereocenters. The maximum Gasteiger partial charge on any atom is 0.0205 e. The van der Waals surface area contributed by atoms with Gasteiger partial charge < -0.3 is 11.1 Å². The smallest absolute Gasteiger partial charge is 0.0205 e. The van der Waals surface area contributed by atoms with Crippen LogP contribution in [-0.4, -0.2) is 6.54 Å². The molecule has 1 aromatic rings. The minimum Gasteiger partial charge on any atom is -0.326 e. The number of hydrogen-bond acceptors (Lipinski definition) is 2. The van der Waals surface area contributed by atoms with E-state index < -0.39 is 0 Å². The minimum absolute atomic E-state index is 0.631. The molecule has 0 amide bonds. The molecule has 1 aromatic carbocycles. The van der Waals surface area contributed by atoms with Crippen LogP contribution in [0.3, 0.4) is 0 Å². The molecule has 0 aliphatic rings. The Morgan fingerprint density at radius 1 is 0.842 bits per heavy atom. The molecule has 0 atom stereocenters. The molecule has 0 saturated carbocycles. The van der Waals surface area contributed by atoms with Gasteiger partial charge in [0.05, 0.1) is 0 Å². The molecule has 2 nitrogen and oxygen atoms in total. The van der Waals surface area contributed by atoms with Crippen LogP contribution in [0.1, 0.15) is 63.0 Å². The van der Waals surface area contributed by atoms with E-state index in [9.17, 15) is 0 Å². The van der Waals surface area contributed by atoms with Crippen molar-refractivity contribution in [2.45, 2.75) is 65.0 Å². The quantitative estimate of drug-likeness (QED) is 0.592. The number of unbranched alkanes of at least 4 members (excludes halogenated alkanes) is 6. The van der Waals surface area contributed by atoms with E-state index in [1.807, 2.05) is 0 Å². The van der Waals surface area contributed by atoms with Gasteiger partial charge in [0.2, 0.25) is 0 Å². The molecule has 3 N–H and O–H groups in total. The van der Waals surface area contributed by atoms with Crippen molar-refractivity contribution >= 4 is 0 Å². The maximum absolute atomic E-state index is 5.58. The summed E-state index contributed by atoms with van der Waals surface area (Å²) in [5.41, 5.74) is 8.13. The molecule has 0 spiro atoms. The first-order valence-corrected chi connectivity index (χ1v) is 7.85. The van der Waals surface area contributed by atoms with E-state index >= 15 is 0 Å². The SMILES string of the molecule is CCCCCCCCCNCc1ccc(CN)cc1. The molecule has 0 aliphatic carbocycles. The molecular weight excluding hydrogens is 232 g/mol. The Morgan fingerprint density at radius 2 is 1.42 bits per heavy atom. The van der Waals surface area contributed by atoms with Crippen LogP contribution < -0.4 is 11.1 Å². The van der Waals surface area contributed by atoms with Crippen molar-refractivity contribution in [3.8, 4) is 0 Å². The van der Waals surface area contributed by atoms with Crippen molar-refractivity contribution in [3.05, 3.63) is 35.4 Å². The molecule has 0 aromatic heterocycles. The third kappa shape index (κ3) is 8.02. The van der Waals surface area contributed by atoms with Gasteiger partial charge >= 0.3 is 0 Å². The van der Waals surface area contributed by atoms with Crippen LogP contribution in [0.15, 0.2) is 24.3 Å². The van der Waals surface area contributed by atoms with Crippen molar-refractivity contribution in [1.82, 2.24) is 5.32 Å². The third-order valence-electron chi connectivity index (χ3n) is 3.54. The highest BCUT2D eigenvalue weighted by Gasteiger charge is 1.94. The van der Waals surface area contributed by atoms with Gasteiger partial charge in [0.25, 0.3) is 0 Å². The Labute approximate surface area is 118 Å². The average molecular weight is 262 g/mol.